The van der Waals surface area contributed by atoms with Gasteiger partial charge in [0.2, 0.25) is 0 Å². The number of carbonyl (C=O) groups is 1. The molecule has 1 aromatic carbocycles. The fourth-order valence-corrected chi connectivity index (χ4v) is 4.18. The molecule has 2 fully saturated rings. The Morgan fingerprint density at radius 1 is 1.44 bits per heavy atom. The molecular weight excluding hydrogens is 316 g/mol. The van der Waals surface area contributed by atoms with E-state index >= 15 is 0 Å². The van der Waals surface area contributed by atoms with Crippen LogP contribution >= 0.6 is 0 Å². The lowest BCUT2D eigenvalue weighted by molar-refractivity contribution is -0.123. The smallest absolute Gasteiger partial charge is 0.253 e. The van der Waals surface area contributed by atoms with Gasteiger partial charge in [0.15, 0.2) is 0 Å². The maximum absolute atomic E-state index is 12.2. The van der Waals surface area contributed by atoms with Gasteiger partial charge in [-0.25, -0.2) is 0 Å². The van der Waals surface area contributed by atoms with Crippen LogP contribution in [0.15, 0.2) is 24.3 Å². The van der Waals surface area contributed by atoms with E-state index in [9.17, 15) is 9.90 Å². The number of benzene rings is 1. The maximum atomic E-state index is 12.2. The Morgan fingerprint density at radius 3 is 2.96 bits per heavy atom. The van der Waals surface area contributed by atoms with Gasteiger partial charge in [0.25, 0.3) is 5.91 Å². The Balaban J connectivity index is 1.74. The molecule has 3 rings (SSSR count). The number of amides is 1. The first-order valence-corrected chi connectivity index (χ1v) is 9.23. The molecule has 1 amide bonds. The predicted molar refractivity (Wildman–Crippen MR) is 97.4 cm³/mol. The average Bonchev–Trinajstić information content (AvgIpc) is 3.01. The lowest BCUT2D eigenvalue weighted by atomic mass is 9.79. The van der Waals surface area contributed by atoms with Gasteiger partial charge in [-0.15, -0.1) is 0 Å². The molecule has 25 heavy (non-hydrogen) atoms. The minimum atomic E-state index is -0.658. The van der Waals surface area contributed by atoms with Crippen molar-refractivity contribution in [2.45, 2.75) is 44.4 Å². The third-order valence-electron chi connectivity index (χ3n) is 5.69. The summed E-state index contributed by atoms with van der Waals surface area (Å²) in [4.78, 5) is 16.3. The minimum Gasteiger partial charge on any atom is -0.390 e. The highest BCUT2D eigenvalue weighted by atomic mass is 16.5. The normalized spacial score (nSPS) is 30.4. The van der Waals surface area contributed by atoms with Crippen molar-refractivity contribution in [3.63, 3.8) is 0 Å². The molecule has 2 heterocycles. The first-order valence-electron chi connectivity index (χ1n) is 9.23. The second-order valence-corrected chi connectivity index (χ2v) is 7.87. The Bertz CT molecular complexity index is 615. The van der Waals surface area contributed by atoms with Gasteiger partial charge >= 0.3 is 0 Å². The molecule has 2 aliphatic heterocycles. The first kappa shape index (κ1) is 18.4. The Hall–Kier alpha value is -1.43. The van der Waals surface area contributed by atoms with E-state index in [0.29, 0.717) is 25.7 Å². The zero-order chi connectivity index (χ0) is 18.0. The highest BCUT2D eigenvalue weighted by Crippen LogP contribution is 2.36. The third-order valence-corrected chi connectivity index (χ3v) is 5.69. The number of rotatable bonds is 4. The van der Waals surface area contributed by atoms with E-state index in [4.69, 9.17) is 4.74 Å². The largest absolute Gasteiger partial charge is 0.390 e. The molecule has 0 aliphatic carbocycles. The maximum Gasteiger partial charge on any atom is 0.253 e. The van der Waals surface area contributed by atoms with Gasteiger partial charge in [-0.05, 0) is 50.4 Å². The Labute approximate surface area is 150 Å². The van der Waals surface area contributed by atoms with Crippen molar-refractivity contribution in [2.24, 2.45) is 5.92 Å². The molecule has 0 radical (unpaired) electrons. The predicted octanol–water partition coefficient (Wildman–Crippen LogP) is 2.14. The van der Waals surface area contributed by atoms with Crippen LogP contribution in [0.2, 0.25) is 0 Å². The summed E-state index contributed by atoms with van der Waals surface area (Å²) in [5.41, 5.74) is 1.22. The molecule has 2 aliphatic rings. The van der Waals surface area contributed by atoms with Crippen molar-refractivity contribution in [1.82, 2.24) is 9.80 Å². The molecule has 138 valence electrons. The summed E-state index contributed by atoms with van der Waals surface area (Å²) >= 11 is 0. The van der Waals surface area contributed by atoms with E-state index < -0.39 is 5.60 Å². The number of carbonyl (C=O) groups excluding carboxylic acids is 1. The topological polar surface area (TPSA) is 53.0 Å². The van der Waals surface area contributed by atoms with E-state index in [1.54, 1.807) is 19.0 Å². The van der Waals surface area contributed by atoms with Crippen LogP contribution in [-0.2, 0) is 11.3 Å². The quantitative estimate of drug-likeness (QED) is 0.908. The Morgan fingerprint density at radius 2 is 2.24 bits per heavy atom. The molecule has 5 nitrogen and oxygen atoms in total. The molecule has 1 N–H and O–H groups in total. The van der Waals surface area contributed by atoms with Crippen LogP contribution in [0.5, 0.6) is 0 Å². The SMILES string of the molecule is CN(C)C(=O)c1cccc(CN2CCCC2C2COCCC2(C)O)c1. The molecule has 3 atom stereocenters. The van der Waals surface area contributed by atoms with E-state index in [2.05, 4.69) is 11.0 Å². The Kier molecular flexibility index (Phi) is 5.46. The molecule has 0 bridgehead atoms. The fraction of sp³-hybridized carbons (Fsp3) is 0.650. The van der Waals surface area contributed by atoms with Crippen molar-refractivity contribution in [1.29, 1.82) is 0 Å². The van der Waals surface area contributed by atoms with Crippen LogP contribution in [0, 0.1) is 5.92 Å². The highest BCUT2D eigenvalue weighted by Gasteiger charge is 2.43. The average molecular weight is 346 g/mol. The van der Waals surface area contributed by atoms with Crippen molar-refractivity contribution < 1.29 is 14.6 Å². The zero-order valence-corrected chi connectivity index (χ0v) is 15.6. The number of aliphatic hydroxyl groups is 1. The summed E-state index contributed by atoms with van der Waals surface area (Å²) in [5.74, 6) is 0.179. The zero-order valence-electron chi connectivity index (χ0n) is 15.6. The molecule has 3 unspecified atom stereocenters. The van der Waals surface area contributed by atoms with E-state index in [1.165, 1.54) is 0 Å². The second-order valence-electron chi connectivity index (χ2n) is 7.87. The molecule has 0 aromatic heterocycles. The van der Waals surface area contributed by atoms with Crippen LogP contribution in [0.25, 0.3) is 0 Å². The second kappa shape index (κ2) is 7.44. The molecular formula is C20H30N2O3. The summed E-state index contributed by atoms with van der Waals surface area (Å²) in [6, 6.07) is 8.23. The van der Waals surface area contributed by atoms with Gasteiger partial charge < -0.3 is 14.7 Å². The summed E-state index contributed by atoms with van der Waals surface area (Å²) in [6.45, 7) is 5.07. The summed E-state index contributed by atoms with van der Waals surface area (Å²) < 4.78 is 5.67. The van der Waals surface area contributed by atoms with Crippen LogP contribution in [0.1, 0.15) is 42.1 Å². The van der Waals surface area contributed by atoms with Gasteiger partial charge in [-0.2, -0.15) is 0 Å². The number of hydrogen-bond acceptors (Lipinski definition) is 4. The lowest BCUT2D eigenvalue weighted by Gasteiger charge is -2.43. The van der Waals surface area contributed by atoms with Gasteiger partial charge in [-0.1, -0.05) is 12.1 Å². The van der Waals surface area contributed by atoms with Gasteiger partial charge in [0.1, 0.15) is 0 Å². The molecule has 5 heteroatoms. The van der Waals surface area contributed by atoms with E-state index in [0.717, 1.165) is 37.1 Å². The van der Waals surface area contributed by atoms with Gasteiger partial charge in [-0.3, -0.25) is 9.69 Å². The van der Waals surface area contributed by atoms with Crippen molar-refractivity contribution in [3.05, 3.63) is 35.4 Å². The molecule has 0 saturated carbocycles. The van der Waals surface area contributed by atoms with Crippen LogP contribution in [-0.4, -0.2) is 66.3 Å². The molecule has 2 saturated heterocycles. The highest BCUT2D eigenvalue weighted by molar-refractivity contribution is 5.94. The van der Waals surface area contributed by atoms with E-state index in [1.807, 2.05) is 25.1 Å². The van der Waals surface area contributed by atoms with Crippen LogP contribution in [0.3, 0.4) is 0 Å². The number of ether oxygens (including phenoxy) is 1. The number of likely N-dealkylation sites (tertiary alicyclic amines) is 1. The third kappa shape index (κ3) is 4.05. The molecule has 1 aromatic rings. The van der Waals surface area contributed by atoms with Crippen molar-refractivity contribution in [3.8, 4) is 0 Å². The van der Waals surface area contributed by atoms with Gasteiger partial charge in [0.05, 0.1) is 12.2 Å². The number of hydrogen-bond donors (Lipinski definition) is 1. The van der Waals surface area contributed by atoms with E-state index in [-0.39, 0.29) is 11.8 Å². The van der Waals surface area contributed by atoms with Crippen molar-refractivity contribution >= 4 is 5.91 Å². The monoisotopic (exact) mass is 346 g/mol. The summed E-state index contributed by atoms with van der Waals surface area (Å²) in [5, 5.41) is 10.8. The van der Waals surface area contributed by atoms with Crippen molar-refractivity contribution in [2.75, 3.05) is 33.9 Å². The van der Waals surface area contributed by atoms with Crippen LogP contribution in [0.4, 0.5) is 0 Å². The minimum absolute atomic E-state index is 0.0310. The van der Waals surface area contributed by atoms with Crippen LogP contribution < -0.4 is 0 Å². The molecule has 0 spiro atoms. The first-order chi connectivity index (χ1) is 11.9. The summed E-state index contributed by atoms with van der Waals surface area (Å²) in [7, 11) is 3.55. The standard InChI is InChI=1S/C20H30N2O3/c1-20(24)9-11-25-14-17(20)18-8-5-10-22(18)13-15-6-4-7-16(12-15)19(23)21(2)3/h4,6-7,12,17-18,24H,5,8-11,13-14H2,1-3H3. The van der Waals surface area contributed by atoms with Gasteiger partial charge in [0, 0.05) is 44.8 Å². The number of nitrogens with zero attached hydrogens (tertiary/aromatic N) is 2. The fourth-order valence-electron chi connectivity index (χ4n) is 4.18. The lowest BCUT2D eigenvalue weighted by Crippen LogP contribution is -2.52. The summed E-state index contributed by atoms with van der Waals surface area (Å²) in [6.07, 6.45) is 2.95.